The molecule has 0 aliphatic carbocycles. The van der Waals surface area contributed by atoms with Gasteiger partial charge in [0, 0.05) is 30.9 Å². The van der Waals surface area contributed by atoms with Crippen molar-refractivity contribution in [3.05, 3.63) is 34.5 Å². The van der Waals surface area contributed by atoms with Crippen molar-refractivity contribution >= 4 is 17.2 Å². The predicted molar refractivity (Wildman–Crippen MR) is 82.3 cm³/mol. The van der Waals surface area contributed by atoms with Crippen molar-refractivity contribution in [3.8, 4) is 0 Å². The van der Waals surface area contributed by atoms with Gasteiger partial charge in [0.15, 0.2) is 0 Å². The summed E-state index contributed by atoms with van der Waals surface area (Å²) in [5.74, 6) is 0.180. The average molecular weight is 304 g/mol. The van der Waals surface area contributed by atoms with Gasteiger partial charge in [-0.15, -0.1) is 11.3 Å². The fourth-order valence-electron chi connectivity index (χ4n) is 2.75. The summed E-state index contributed by atoms with van der Waals surface area (Å²) in [5, 5.41) is 7.41. The van der Waals surface area contributed by atoms with Crippen LogP contribution in [-0.4, -0.2) is 38.7 Å². The predicted octanol–water partition coefficient (Wildman–Crippen LogP) is 2.31. The number of likely N-dealkylation sites (tertiary alicyclic amines) is 1. The number of thiazole rings is 1. The second-order valence-electron chi connectivity index (χ2n) is 5.38. The summed E-state index contributed by atoms with van der Waals surface area (Å²) in [5.41, 5.74) is 0.906. The maximum atomic E-state index is 12.4. The average Bonchev–Trinajstić information content (AvgIpc) is 3.18. The van der Waals surface area contributed by atoms with Gasteiger partial charge in [0.2, 0.25) is 5.91 Å². The van der Waals surface area contributed by atoms with Crippen molar-refractivity contribution in [3.63, 3.8) is 0 Å². The Labute approximate surface area is 128 Å². The highest BCUT2D eigenvalue weighted by molar-refractivity contribution is 7.09. The minimum absolute atomic E-state index is 0.180. The number of aromatic nitrogens is 3. The standard InChI is InChI=1S/C15H20N4OS/c1-2-14-17-12(11-21-14)9-15(20)18-7-3-5-13(10-18)19-8-4-6-16-19/h4,6,8,11,13H,2-3,5,7,9-10H2,1H3/t13-/m1/s1. The maximum Gasteiger partial charge on any atom is 0.228 e. The fraction of sp³-hybridized carbons (Fsp3) is 0.533. The molecule has 112 valence electrons. The third-order valence-corrected chi connectivity index (χ3v) is 4.92. The van der Waals surface area contributed by atoms with Crippen LogP contribution in [0.4, 0.5) is 0 Å². The number of carbonyl (C=O) groups excluding carboxylic acids is 1. The van der Waals surface area contributed by atoms with E-state index in [9.17, 15) is 4.79 Å². The lowest BCUT2D eigenvalue weighted by atomic mass is 10.1. The molecule has 1 aliphatic heterocycles. The van der Waals surface area contributed by atoms with Crippen LogP contribution in [0, 0.1) is 0 Å². The highest BCUT2D eigenvalue weighted by atomic mass is 32.1. The molecule has 3 rings (SSSR count). The van der Waals surface area contributed by atoms with E-state index in [4.69, 9.17) is 0 Å². The molecule has 0 unspecified atom stereocenters. The van der Waals surface area contributed by atoms with E-state index in [2.05, 4.69) is 17.0 Å². The molecule has 0 spiro atoms. The monoisotopic (exact) mass is 304 g/mol. The number of aryl methyl sites for hydroxylation is 1. The molecule has 2 aromatic heterocycles. The minimum Gasteiger partial charge on any atom is -0.340 e. The molecular weight excluding hydrogens is 284 g/mol. The molecule has 3 heterocycles. The minimum atomic E-state index is 0.180. The Bertz CT molecular complexity index is 593. The van der Waals surface area contributed by atoms with Gasteiger partial charge in [-0.25, -0.2) is 4.98 Å². The van der Waals surface area contributed by atoms with Gasteiger partial charge in [-0.2, -0.15) is 5.10 Å². The number of rotatable bonds is 4. The molecule has 5 nitrogen and oxygen atoms in total. The van der Waals surface area contributed by atoms with Crippen molar-refractivity contribution < 1.29 is 4.79 Å². The van der Waals surface area contributed by atoms with Crippen molar-refractivity contribution in [1.29, 1.82) is 0 Å². The molecule has 6 heteroatoms. The zero-order valence-corrected chi connectivity index (χ0v) is 13.1. The van der Waals surface area contributed by atoms with Crippen LogP contribution in [-0.2, 0) is 17.6 Å². The van der Waals surface area contributed by atoms with Crippen LogP contribution < -0.4 is 0 Å². The summed E-state index contributed by atoms with van der Waals surface area (Å²) < 4.78 is 1.97. The van der Waals surface area contributed by atoms with Gasteiger partial charge >= 0.3 is 0 Å². The van der Waals surface area contributed by atoms with Crippen molar-refractivity contribution in [2.75, 3.05) is 13.1 Å². The molecule has 0 N–H and O–H groups in total. The lowest BCUT2D eigenvalue weighted by molar-refractivity contribution is -0.132. The third kappa shape index (κ3) is 3.32. The summed E-state index contributed by atoms with van der Waals surface area (Å²) >= 11 is 1.64. The first-order valence-electron chi connectivity index (χ1n) is 7.46. The summed E-state index contributed by atoms with van der Waals surface area (Å²) in [4.78, 5) is 18.9. The Morgan fingerprint density at radius 2 is 2.43 bits per heavy atom. The highest BCUT2D eigenvalue weighted by Crippen LogP contribution is 2.21. The van der Waals surface area contributed by atoms with E-state index < -0.39 is 0 Å². The quantitative estimate of drug-likeness (QED) is 0.871. The van der Waals surface area contributed by atoms with E-state index in [-0.39, 0.29) is 5.91 Å². The number of hydrogen-bond acceptors (Lipinski definition) is 4. The molecule has 1 aliphatic rings. The fourth-order valence-corrected chi connectivity index (χ4v) is 3.50. The molecule has 0 aromatic carbocycles. The van der Waals surface area contributed by atoms with E-state index >= 15 is 0 Å². The number of hydrogen-bond donors (Lipinski definition) is 0. The maximum absolute atomic E-state index is 12.4. The molecular formula is C15H20N4OS. The van der Waals surface area contributed by atoms with Crippen LogP contribution in [0.15, 0.2) is 23.8 Å². The topological polar surface area (TPSA) is 51.0 Å². The second-order valence-corrected chi connectivity index (χ2v) is 6.33. The van der Waals surface area contributed by atoms with Gasteiger partial charge in [-0.05, 0) is 25.3 Å². The number of amides is 1. The zero-order valence-electron chi connectivity index (χ0n) is 12.2. The molecule has 1 amide bonds. The zero-order chi connectivity index (χ0) is 14.7. The molecule has 1 fully saturated rings. The van der Waals surface area contributed by atoms with Crippen LogP contribution >= 0.6 is 11.3 Å². The van der Waals surface area contributed by atoms with Crippen LogP contribution in [0.3, 0.4) is 0 Å². The first-order chi connectivity index (χ1) is 10.3. The van der Waals surface area contributed by atoms with Crippen LogP contribution in [0.1, 0.15) is 36.5 Å². The number of piperidine rings is 1. The Morgan fingerprint density at radius 3 is 3.14 bits per heavy atom. The SMILES string of the molecule is CCc1nc(CC(=O)N2CCC[C@@H](n3cccn3)C2)cs1. The second kappa shape index (κ2) is 6.39. The third-order valence-electron chi connectivity index (χ3n) is 3.88. The van der Waals surface area contributed by atoms with Gasteiger partial charge < -0.3 is 4.90 Å². The van der Waals surface area contributed by atoms with Crippen LogP contribution in [0.25, 0.3) is 0 Å². The summed E-state index contributed by atoms with van der Waals surface area (Å²) in [7, 11) is 0. The molecule has 21 heavy (non-hydrogen) atoms. The Balaban J connectivity index is 1.61. The normalized spacial score (nSPS) is 18.9. The van der Waals surface area contributed by atoms with Crippen molar-refractivity contribution in [2.24, 2.45) is 0 Å². The summed E-state index contributed by atoms with van der Waals surface area (Å²) in [6.07, 6.45) is 7.25. The number of nitrogens with zero attached hydrogens (tertiary/aromatic N) is 4. The van der Waals surface area contributed by atoms with E-state index in [1.165, 1.54) is 0 Å². The largest absolute Gasteiger partial charge is 0.340 e. The van der Waals surface area contributed by atoms with Gasteiger partial charge in [-0.3, -0.25) is 9.48 Å². The van der Waals surface area contributed by atoms with Gasteiger partial charge in [0.05, 0.1) is 23.2 Å². The number of carbonyl (C=O) groups is 1. The summed E-state index contributed by atoms with van der Waals surface area (Å²) in [6.45, 7) is 3.69. The van der Waals surface area contributed by atoms with E-state index in [1.54, 1.807) is 17.5 Å². The Morgan fingerprint density at radius 1 is 1.52 bits per heavy atom. The highest BCUT2D eigenvalue weighted by Gasteiger charge is 2.25. The van der Waals surface area contributed by atoms with E-state index in [0.717, 1.165) is 43.1 Å². The molecule has 0 radical (unpaired) electrons. The van der Waals surface area contributed by atoms with Crippen molar-refractivity contribution in [1.82, 2.24) is 19.7 Å². The lowest BCUT2D eigenvalue weighted by Gasteiger charge is -2.32. The first-order valence-corrected chi connectivity index (χ1v) is 8.34. The Hall–Kier alpha value is -1.69. The van der Waals surface area contributed by atoms with E-state index in [0.29, 0.717) is 12.5 Å². The van der Waals surface area contributed by atoms with E-state index in [1.807, 2.05) is 27.2 Å². The van der Waals surface area contributed by atoms with Gasteiger partial charge in [0.1, 0.15) is 0 Å². The summed E-state index contributed by atoms with van der Waals surface area (Å²) in [6, 6.07) is 2.24. The lowest BCUT2D eigenvalue weighted by Crippen LogP contribution is -2.41. The van der Waals surface area contributed by atoms with Gasteiger partial charge in [-0.1, -0.05) is 6.92 Å². The van der Waals surface area contributed by atoms with Gasteiger partial charge in [0.25, 0.3) is 0 Å². The molecule has 0 saturated carbocycles. The first kappa shape index (κ1) is 14.3. The molecule has 1 atom stereocenters. The molecule has 1 saturated heterocycles. The van der Waals surface area contributed by atoms with Crippen molar-refractivity contribution in [2.45, 2.75) is 38.6 Å². The van der Waals surface area contributed by atoms with Crippen LogP contribution in [0.2, 0.25) is 0 Å². The molecule has 0 bridgehead atoms. The smallest absolute Gasteiger partial charge is 0.228 e. The van der Waals surface area contributed by atoms with Crippen LogP contribution in [0.5, 0.6) is 0 Å². The Kier molecular flexibility index (Phi) is 4.34. The molecule has 2 aromatic rings.